The number of hydrogen-bond donors (Lipinski definition) is 1. The van der Waals surface area contributed by atoms with E-state index in [1.54, 1.807) is 0 Å². The van der Waals surface area contributed by atoms with E-state index in [0.29, 0.717) is 6.04 Å². The van der Waals surface area contributed by atoms with E-state index < -0.39 is 0 Å². The maximum absolute atomic E-state index is 3.82. The first-order valence-electron chi connectivity index (χ1n) is 7.15. The third-order valence-electron chi connectivity index (χ3n) is 4.18. The first-order valence-corrected chi connectivity index (χ1v) is 7.15. The van der Waals surface area contributed by atoms with Gasteiger partial charge < -0.3 is 5.32 Å². The molecule has 0 aromatic rings. The van der Waals surface area contributed by atoms with Crippen LogP contribution in [0.25, 0.3) is 0 Å². The number of fused-ring (bicyclic) bond motifs is 3. The molecule has 0 aliphatic carbocycles. The lowest BCUT2D eigenvalue weighted by atomic mass is 9.95. The summed E-state index contributed by atoms with van der Waals surface area (Å²) >= 11 is 0. The van der Waals surface area contributed by atoms with Gasteiger partial charge in [-0.2, -0.15) is 0 Å². The Morgan fingerprint density at radius 2 is 2.12 bits per heavy atom. The number of likely N-dealkylation sites (N-methyl/N-ethyl adjacent to an activating group) is 1. The van der Waals surface area contributed by atoms with E-state index >= 15 is 0 Å². The van der Waals surface area contributed by atoms with Crippen molar-refractivity contribution in [3.05, 3.63) is 12.7 Å². The van der Waals surface area contributed by atoms with Crippen LogP contribution in [0.15, 0.2) is 12.7 Å². The van der Waals surface area contributed by atoms with Crippen molar-refractivity contribution in [2.24, 2.45) is 0 Å². The third-order valence-corrected chi connectivity index (χ3v) is 4.18. The molecule has 0 saturated carbocycles. The van der Waals surface area contributed by atoms with Crippen LogP contribution in [0.2, 0.25) is 0 Å². The Hall–Kier alpha value is -0.380. The molecular formula is C14H27N3. The molecule has 17 heavy (non-hydrogen) atoms. The fourth-order valence-corrected chi connectivity index (χ4v) is 3.21. The van der Waals surface area contributed by atoms with Crippen LogP contribution in [0.3, 0.4) is 0 Å². The third kappa shape index (κ3) is 3.30. The Morgan fingerprint density at radius 3 is 2.65 bits per heavy atom. The second kappa shape index (κ2) is 6.53. The van der Waals surface area contributed by atoms with Gasteiger partial charge in [-0.25, -0.2) is 0 Å². The van der Waals surface area contributed by atoms with Gasteiger partial charge in [0.25, 0.3) is 0 Å². The highest BCUT2D eigenvalue weighted by Crippen LogP contribution is 2.20. The Labute approximate surface area is 106 Å². The zero-order valence-corrected chi connectivity index (χ0v) is 11.2. The van der Waals surface area contributed by atoms with Crippen LogP contribution in [0, 0.1) is 0 Å². The summed E-state index contributed by atoms with van der Waals surface area (Å²) in [5.41, 5.74) is 0. The molecular weight excluding hydrogens is 210 g/mol. The molecule has 0 radical (unpaired) electrons. The van der Waals surface area contributed by atoms with E-state index in [0.717, 1.165) is 19.0 Å². The van der Waals surface area contributed by atoms with Gasteiger partial charge in [-0.05, 0) is 25.8 Å². The summed E-state index contributed by atoms with van der Waals surface area (Å²) in [6, 6.07) is 1.41. The summed E-state index contributed by atoms with van der Waals surface area (Å²) in [4.78, 5) is 5.32. The van der Waals surface area contributed by atoms with Crippen LogP contribution in [-0.4, -0.2) is 61.2 Å². The van der Waals surface area contributed by atoms with E-state index in [9.17, 15) is 0 Å². The van der Waals surface area contributed by atoms with Crippen molar-refractivity contribution in [3.8, 4) is 0 Å². The van der Waals surface area contributed by atoms with Crippen molar-refractivity contribution in [3.63, 3.8) is 0 Å². The molecule has 3 aliphatic rings. The molecule has 3 nitrogen and oxygen atoms in total. The average molecular weight is 237 g/mol. The molecule has 3 saturated heterocycles. The molecule has 0 spiro atoms. The fraction of sp³-hybridized carbons (Fsp3) is 0.857. The molecule has 3 aliphatic heterocycles. The smallest absolute Gasteiger partial charge is 0.0377 e. The molecule has 98 valence electrons. The number of nitrogens with zero attached hydrogens (tertiary/aromatic N) is 2. The predicted octanol–water partition coefficient (Wildman–Crippen LogP) is 1.32. The van der Waals surface area contributed by atoms with E-state index in [1.165, 1.54) is 45.6 Å². The molecule has 1 N–H and O–H groups in total. The van der Waals surface area contributed by atoms with E-state index in [-0.39, 0.29) is 0 Å². The first-order chi connectivity index (χ1) is 8.35. The molecule has 3 rings (SSSR count). The van der Waals surface area contributed by atoms with Gasteiger partial charge in [-0.15, -0.1) is 6.58 Å². The van der Waals surface area contributed by atoms with Gasteiger partial charge in [0.15, 0.2) is 0 Å². The zero-order valence-electron chi connectivity index (χ0n) is 11.2. The number of unbranched alkanes of at least 4 members (excludes halogenated alkanes) is 1. The zero-order chi connectivity index (χ0) is 12.1. The van der Waals surface area contributed by atoms with Crippen molar-refractivity contribution in [2.75, 3.05) is 39.3 Å². The Bertz CT molecular complexity index is 234. The van der Waals surface area contributed by atoms with Crippen LogP contribution in [0.4, 0.5) is 0 Å². The normalized spacial score (nSPS) is 33.6. The van der Waals surface area contributed by atoms with Gasteiger partial charge in [-0.3, -0.25) is 9.80 Å². The number of piperazine rings is 3. The number of nitrogens with one attached hydrogen (secondary N) is 1. The summed E-state index contributed by atoms with van der Waals surface area (Å²) in [5, 5.41) is 3.69. The van der Waals surface area contributed by atoms with Gasteiger partial charge in [0.1, 0.15) is 0 Å². The largest absolute Gasteiger partial charge is 0.313 e. The molecule has 0 aromatic carbocycles. The molecule has 3 fully saturated rings. The van der Waals surface area contributed by atoms with Crippen molar-refractivity contribution in [2.45, 2.75) is 38.3 Å². The molecule has 2 unspecified atom stereocenters. The van der Waals surface area contributed by atoms with Crippen molar-refractivity contribution in [1.29, 1.82) is 0 Å². The van der Waals surface area contributed by atoms with Gasteiger partial charge in [-0.1, -0.05) is 13.0 Å². The fourth-order valence-electron chi connectivity index (χ4n) is 3.21. The summed E-state index contributed by atoms with van der Waals surface area (Å²) in [6.45, 7) is 13.5. The minimum atomic E-state index is 0.669. The topological polar surface area (TPSA) is 18.5 Å². The summed E-state index contributed by atoms with van der Waals surface area (Å²) in [7, 11) is 0. The minimum absolute atomic E-state index is 0.669. The molecule has 3 heteroatoms. The average Bonchev–Trinajstić information content (AvgIpc) is 2.39. The second-order valence-corrected chi connectivity index (χ2v) is 5.29. The summed E-state index contributed by atoms with van der Waals surface area (Å²) in [5.74, 6) is 0. The van der Waals surface area contributed by atoms with Gasteiger partial charge >= 0.3 is 0 Å². The van der Waals surface area contributed by atoms with Crippen LogP contribution >= 0.6 is 0 Å². The molecule has 3 heterocycles. The first kappa shape index (κ1) is 13.1. The predicted molar refractivity (Wildman–Crippen MR) is 73.3 cm³/mol. The maximum Gasteiger partial charge on any atom is 0.0377 e. The molecule has 0 aromatic heterocycles. The Balaban J connectivity index is 1.88. The van der Waals surface area contributed by atoms with Crippen LogP contribution in [0.5, 0.6) is 0 Å². The Kier molecular flexibility index (Phi) is 5.01. The maximum atomic E-state index is 3.82. The van der Waals surface area contributed by atoms with Gasteiger partial charge in [0, 0.05) is 44.8 Å². The van der Waals surface area contributed by atoms with Crippen LogP contribution in [0.1, 0.15) is 26.2 Å². The van der Waals surface area contributed by atoms with Gasteiger partial charge in [0.05, 0.1) is 0 Å². The lowest BCUT2D eigenvalue weighted by molar-refractivity contribution is -0.00445. The molecule has 0 amide bonds. The Morgan fingerprint density at radius 1 is 1.35 bits per heavy atom. The molecule has 2 atom stereocenters. The van der Waals surface area contributed by atoms with Crippen molar-refractivity contribution < 1.29 is 0 Å². The van der Waals surface area contributed by atoms with E-state index in [4.69, 9.17) is 0 Å². The van der Waals surface area contributed by atoms with Gasteiger partial charge in [0.2, 0.25) is 0 Å². The van der Waals surface area contributed by atoms with Crippen LogP contribution < -0.4 is 5.32 Å². The minimum Gasteiger partial charge on any atom is -0.313 e. The highest BCUT2D eigenvalue weighted by molar-refractivity contribution is 4.94. The lowest BCUT2D eigenvalue weighted by Crippen LogP contribution is -2.66. The lowest BCUT2D eigenvalue weighted by Gasteiger charge is -2.50. The van der Waals surface area contributed by atoms with Crippen LogP contribution in [-0.2, 0) is 0 Å². The number of allylic oxidation sites excluding steroid dienone is 1. The standard InChI is InChI=1S/C14H27N3/c1-3-5-6-7-13(15-4-2)14-12-16-8-10-17(14)11-9-16/h3,13-15H,1,4-12H2,2H3. The summed E-state index contributed by atoms with van der Waals surface area (Å²) < 4.78 is 0. The monoisotopic (exact) mass is 237 g/mol. The van der Waals surface area contributed by atoms with E-state index in [1.807, 2.05) is 6.08 Å². The highest BCUT2D eigenvalue weighted by Gasteiger charge is 2.35. The second-order valence-electron chi connectivity index (χ2n) is 5.29. The number of rotatable bonds is 7. The highest BCUT2D eigenvalue weighted by atomic mass is 15.4. The van der Waals surface area contributed by atoms with Crippen molar-refractivity contribution in [1.82, 2.24) is 15.1 Å². The number of hydrogen-bond acceptors (Lipinski definition) is 3. The quantitative estimate of drug-likeness (QED) is 0.532. The summed E-state index contributed by atoms with van der Waals surface area (Å²) in [6.07, 6.45) is 5.75. The SMILES string of the molecule is C=CCCCC(NCC)C1CN2CCN1CC2. The van der Waals surface area contributed by atoms with Crippen molar-refractivity contribution >= 4 is 0 Å². The van der Waals surface area contributed by atoms with E-state index in [2.05, 4.69) is 28.6 Å². The molecule has 2 bridgehead atoms.